The zero-order valence-electron chi connectivity index (χ0n) is 13.7. The third-order valence-corrected chi connectivity index (χ3v) is 4.44. The Balaban J connectivity index is 1.90. The van der Waals surface area contributed by atoms with Crippen molar-refractivity contribution < 1.29 is 9.47 Å². The SMILES string of the molecule is COc1ccc(CNC(C)C2CCCN(C)C2)cc1OC. The Morgan fingerprint density at radius 1 is 1.29 bits per heavy atom. The maximum absolute atomic E-state index is 5.35. The Hall–Kier alpha value is -1.26. The maximum atomic E-state index is 5.35. The molecule has 21 heavy (non-hydrogen) atoms. The Morgan fingerprint density at radius 3 is 2.71 bits per heavy atom. The van der Waals surface area contributed by atoms with Crippen LogP contribution in [-0.4, -0.2) is 45.3 Å². The highest BCUT2D eigenvalue weighted by Crippen LogP contribution is 2.27. The molecule has 1 N–H and O–H groups in total. The number of hydrogen-bond donors (Lipinski definition) is 1. The molecule has 0 amide bonds. The van der Waals surface area contributed by atoms with Crippen LogP contribution in [0.15, 0.2) is 18.2 Å². The van der Waals surface area contributed by atoms with Gasteiger partial charge in [0.05, 0.1) is 14.2 Å². The minimum atomic E-state index is 0.529. The molecule has 1 heterocycles. The van der Waals surface area contributed by atoms with Gasteiger partial charge in [0.2, 0.25) is 0 Å². The van der Waals surface area contributed by atoms with E-state index in [-0.39, 0.29) is 0 Å². The normalized spacial score (nSPS) is 21.0. The fourth-order valence-corrected chi connectivity index (χ4v) is 3.05. The van der Waals surface area contributed by atoms with E-state index in [2.05, 4.69) is 30.3 Å². The van der Waals surface area contributed by atoms with E-state index < -0.39 is 0 Å². The van der Waals surface area contributed by atoms with Crippen molar-refractivity contribution in [2.24, 2.45) is 5.92 Å². The lowest BCUT2D eigenvalue weighted by Gasteiger charge is -2.34. The molecule has 4 nitrogen and oxygen atoms in total. The van der Waals surface area contributed by atoms with Gasteiger partial charge in [-0.1, -0.05) is 6.07 Å². The molecule has 1 aliphatic heterocycles. The second-order valence-corrected chi connectivity index (χ2v) is 6.02. The van der Waals surface area contributed by atoms with Gasteiger partial charge < -0.3 is 19.7 Å². The minimum Gasteiger partial charge on any atom is -0.493 e. The van der Waals surface area contributed by atoms with E-state index in [4.69, 9.17) is 9.47 Å². The summed E-state index contributed by atoms with van der Waals surface area (Å²) in [6, 6.07) is 6.63. The predicted octanol–water partition coefficient (Wildman–Crippen LogP) is 2.52. The molecule has 2 atom stereocenters. The number of nitrogens with one attached hydrogen (secondary N) is 1. The number of hydrogen-bond acceptors (Lipinski definition) is 4. The molecule has 0 aromatic heterocycles. The highest BCUT2D eigenvalue weighted by Gasteiger charge is 2.22. The summed E-state index contributed by atoms with van der Waals surface area (Å²) >= 11 is 0. The van der Waals surface area contributed by atoms with Gasteiger partial charge in [-0.3, -0.25) is 0 Å². The van der Waals surface area contributed by atoms with Crippen molar-refractivity contribution in [3.63, 3.8) is 0 Å². The molecule has 1 aliphatic rings. The van der Waals surface area contributed by atoms with E-state index >= 15 is 0 Å². The highest BCUT2D eigenvalue weighted by atomic mass is 16.5. The van der Waals surface area contributed by atoms with E-state index in [0.717, 1.165) is 24.0 Å². The van der Waals surface area contributed by atoms with Gasteiger partial charge in [-0.15, -0.1) is 0 Å². The molecule has 0 saturated carbocycles. The molecule has 118 valence electrons. The van der Waals surface area contributed by atoms with Crippen molar-refractivity contribution in [2.75, 3.05) is 34.4 Å². The first-order valence-electron chi connectivity index (χ1n) is 7.77. The van der Waals surface area contributed by atoms with Gasteiger partial charge in [-0.2, -0.15) is 0 Å². The van der Waals surface area contributed by atoms with Gasteiger partial charge >= 0.3 is 0 Å². The molecule has 0 radical (unpaired) electrons. The third kappa shape index (κ3) is 4.35. The summed E-state index contributed by atoms with van der Waals surface area (Å²) in [7, 11) is 5.56. The van der Waals surface area contributed by atoms with Gasteiger partial charge in [0, 0.05) is 19.1 Å². The average Bonchev–Trinajstić information content (AvgIpc) is 2.52. The topological polar surface area (TPSA) is 33.7 Å². The van der Waals surface area contributed by atoms with Crippen LogP contribution in [0.3, 0.4) is 0 Å². The Bertz CT molecular complexity index is 450. The zero-order chi connectivity index (χ0) is 15.2. The predicted molar refractivity (Wildman–Crippen MR) is 86.1 cm³/mol. The van der Waals surface area contributed by atoms with Gasteiger partial charge in [0.1, 0.15) is 0 Å². The first-order valence-corrected chi connectivity index (χ1v) is 7.77. The third-order valence-electron chi connectivity index (χ3n) is 4.44. The van der Waals surface area contributed by atoms with E-state index in [1.165, 1.54) is 31.5 Å². The zero-order valence-corrected chi connectivity index (χ0v) is 13.7. The molecule has 4 heteroatoms. The van der Waals surface area contributed by atoms with Crippen LogP contribution in [0.4, 0.5) is 0 Å². The molecule has 1 saturated heterocycles. The van der Waals surface area contributed by atoms with Gasteiger partial charge in [0.15, 0.2) is 11.5 Å². The van der Waals surface area contributed by atoms with Crippen molar-refractivity contribution in [2.45, 2.75) is 32.4 Å². The number of benzene rings is 1. The van der Waals surface area contributed by atoms with Crippen molar-refractivity contribution in [3.8, 4) is 11.5 Å². The number of piperidine rings is 1. The van der Waals surface area contributed by atoms with Crippen LogP contribution >= 0.6 is 0 Å². The van der Waals surface area contributed by atoms with E-state index in [0.29, 0.717) is 6.04 Å². The van der Waals surface area contributed by atoms with Crippen molar-refractivity contribution in [3.05, 3.63) is 23.8 Å². The van der Waals surface area contributed by atoms with Crippen LogP contribution < -0.4 is 14.8 Å². The van der Waals surface area contributed by atoms with Crippen LogP contribution in [0, 0.1) is 5.92 Å². The first kappa shape index (κ1) is 16.1. The summed E-state index contributed by atoms with van der Waals surface area (Å²) in [4.78, 5) is 2.43. The first-order chi connectivity index (χ1) is 10.1. The lowest BCUT2D eigenvalue weighted by Crippen LogP contribution is -2.42. The number of likely N-dealkylation sites (tertiary alicyclic amines) is 1. The molecule has 0 bridgehead atoms. The van der Waals surface area contributed by atoms with Gasteiger partial charge in [0.25, 0.3) is 0 Å². The molecule has 2 unspecified atom stereocenters. The van der Waals surface area contributed by atoms with Crippen LogP contribution in [-0.2, 0) is 6.54 Å². The van der Waals surface area contributed by atoms with Crippen LogP contribution in [0.2, 0.25) is 0 Å². The van der Waals surface area contributed by atoms with Crippen molar-refractivity contribution in [1.29, 1.82) is 0 Å². The molecular formula is C17H28N2O2. The monoisotopic (exact) mass is 292 g/mol. The van der Waals surface area contributed by atoms with Crippen LogP contribution in [0.5, 0.6) is 11.5 Å². The summed E-state index contributed by atoms with van der Waals surface area (Å²) in [6.45, 7) is 5.59. The van der Waals surface area contributed by atoms with E-state index in [1.54, 1.807) is 14.2 Å². The summed E-state index contributed by atoms with van der Waals surface area (Å²) < 4.78 is 10.6. The van der Waals surface area contributed by atoms with Gasteiger partial charge in [-0.25, -0.2) is 0 Å². The van der Waals surface area contributed by atoms with Crippen molar-refractivity contribution in [1.82, 2.24) is 10.2 Å². The summed E-state index contributed by atoms with van der Waals surface area (Å²) in [6.07, 6.45) is 2.63. The number of rotatable bonds is 6. The lowest BCUT2D eigenvalue weighted by atomic mass is 9.92. The fourth-order valence-electron chi connectivity index (χ4n) is 3.05. The van der Waals surface area contributed by atoms with Crippen LogP contribution in [0.1, 0.15) is 25.3 Å². The Labute approximate surface area is 128 Å². The maximum Gasteiger partial charge on any atom is 0.161 e. The molecule has 0 aliphatic carbocycles. The summed E-state index contributed by atoms with van der Waals surface area (Å²) in [5.74, 6) is 2.31. The minimum absolute atomic E-state index is 0.529. The Kier molecular flexibility index (Phi) is 5.88. The molecule has 1 fully saturated rings. The molecule has 1 aromatic carbocycles. The standard InChI is InChI=1S/C17H28N2O2/c1-13(15-6-5-9-19(2)12-15)18-11-14-7-8-16(20-3)17(10-14)21-4/h7-8,10,13,15,18H,5-6,9,11-12H2,1-4H3. The second kappa shape index (κ2) is 7.66. The largest absolute Gasteiger partial charge is 0.493 e. The van der Waals surface area contributed by atoms with Crippen LogP contribution in [0.25, 0.3) is 0 Å². The average molecular weight is 292 g/mol. The number of ether oxygens (including phenoxy) is 2. The Morgan fingerprint density at radius 2 is 2.05 bits per heavy atom. The highest BCUT2D eigenvalue weighted by molar-refractivity contribution is 5.42. The number of nitrogens with zero attached hydrogens (tertiary/aromatic N) is 1. The number of methoxy groups -OCH3 is 2. The molecular weight excluding hydrogens is 264 g/mol. The van der Waals surface area contributed by atoms with Crippen molar-refractivity contribution >= 4 is 0 Å². The summed E-state index contributed by atoms with van der Waals surface area (Å²) in [5, 5.41) is 3.65. The smallest absolute Gasteiger partial charge is 0.161 e. The lowest BCUT2D eigenvalue weighted by molar-refractivity contribution is 0.178. The molecule has 2 rings (SSSR count). The summed E-state index contributed by atoms with van der Waals surface area (Å²) in [5.41, 5.74) is 1.23. The molecule has 1 aromatic rings. The fraction of sp³-hybridized carbons (Fsp3) is 0.647. The second-order valence-electron chi connectivity index (χ2n) is 6.02. The molecule has 0 spiro atoms. The quantitative estimate of drug-likeness (QED) is 0.873. The van der Waals surface area contributed by atoms with Gasteiger partial charge in [-0.05, 0) is 57.0 Å². The van der Waals surface area contributed by atoms with E-state index in [1.807, 2.05) is 12.1 Å². The van der Waals surface area contributed by atoms with E-state index in [9.17, 15) is 0 Å².